The Morgan fingerprint density at radius 2 is 2.40 bits per heavy atom. The lowest BCUT2D eigenvalue weighted by molar-refractivity contribution is 0.0860. The van der Waals surface area contributed by atoms with Crippen molar-refractivity contribution in [1.29, 1.82) is 0 Å². The van der Waals surface area contributed by atoms with Crippen molar-refractivity contribution in [3.8, 4) is 0 Å². The molecule has 1 atom stereocenters. The topological polar surface area (TPSA) is 38.1 Å². The smallest absolute Gasteiger partial charge is 0.216 e. The molecule has 0 aromatic carbocycles. The average Bonchev–Trinajstić information content (AvgIpc) is 2.64. The molecular weight excluding hydrogens is 210 g/mol. The van der Waals surface area contributed by atoms with Gasteiger partial charge in [0, 0.05) is 37.5 Å². The Kier molecular flexibility index (Phi) is 3.11. The van der Waals surface area contributed by atoms with Gasteiger partial charge < -0.3 is 4.57 Å². The summed E-state index contributed by atoms with van der Waals surface area (Å²) in [4.78, 5) is 18.4. The lowest BCUT2D eigenvalue weighted by Crippen LogP contribution is -2.45. The Balaban J connectivity index is 2.17. The third-order valence-corrected chi connectivity index (χ3v) is 3.76. The Morgan fingerprint density at radius 1 is 1.60 bits per heavy atom. The zero-order valence-electron chi connectivity index (χ0n) is 9.01. The molecule has 0 bridgehead atoms. The van der Waals surface area contributed by atoms with E-state index in [1.807, 2.05) is 32.1 Å². The second-order valence-corrected chi connectivity index (χ2v) is 4.95. The van der Waals surface area contributed by atoms with E-state index in [1.165, 1.54) is 0 Å². The van der Waals surface area contributed by atoms with Crippen LogP contribution in [0.2, 0.25) is 0 Å². The molecule has 0 radical (unpaired) electrons. The van der Waals surface area contributed by atoms with Crippen LogP contribution in [-0.2, 0) is 7.05 Å². The number of ketones is 1. The second kappa shape index (κ2) is 4.37. The Bertz CT molecular complexity index is 363. The van der Waals surface area contributed by atoms with Crippen molar-refractivity contribution >= 4 is 17.5 Å². The van der Waals surface area contributed by atoms with Crippen molar-refractivity contribution in [3.05, 3.63) is 18.2 Å². The molecule has 0 aliphatic carbocycles. The van der Waals surface area contributed by atoms with Gasteiger partial charge in [-0.25, -0.2) is 4.98 Å². The first-order valence-electron chi connectivity index (χ1n) is 4.99. The minimum absolute atomic E-state index is 0.00940. The highest BCUT2D eigenvalue weighted by Crippen LogP contribution is 2.17. The van der Waals surface area contributed by atoms with Gasteiger partial charge in [-0.05, 0) is 7.05 Å². The van der Waals surface area contributed by atoms with Crippen LogP contribution in [0.3, 0.4) is 0 Å². The van der Waals surface area contributed by atoms with E-state index in [9.17, 15) is 4.79 Å². The van der Waals surface area contributed by atoms with E-state index in [4.69, 9.17) is 0 Å². The maximum atomic E-state index is 12.2. The van der Waals surface area contributed by atoms with Gasteiger partial charge in [-0.2, -0.15) is 11.8 Å². The quantitative estimate of drug-likeness (QED) is 0.693. The lowest BCUT2D eigenvalue weighted by Gasteiger charge is -2.30. The third-order valence-electron chi connectivity index (χ3n) is 2.74. The Labute approximate surface area is 93.7 Å². The lowest BCUT2D eigenvalue weighted by atomic mass is 10.1. The minimum Gasteiger partial charge on any atom is -0.332 e. The van der Waals surface area contributed by atoms with Crippen molar-refractivity contribution in [2.24, 2.45) is 7.05 Å². The van der Waals surface area contributed by atoms with Crippen LogP contribution in [0.25, 0.3) is 0 Å². The second-order valence-electron chi connectivity index (χ2n) is 3.80. The number of thioether (sulfide) groups is 1. The molecular formula is C10H15N3OS. The molecule has 5 heteroatoms. The summed E-state index contributed by atoms with van der Waals surface area (Å²) in [6.07, 6.45) is 3.48. The fourth-order valence-electron chi connectivity index (χ4n) is 1.71. The molecule has 4 nitrogen and oxygen atoms in total. The number of hydrogen-bond donors (Lipinski definition) is 0. The fraction of sp³-hybridized carbons (Fsp3) is 0.600. The van der Waals surface area contributed by atoms with Crippen LogP contribution in [0.1, 0.15) is 10.6 Å². The van der Waals surface area contributed by atoms with Crippen LogP contribution in [0, 0.1) is 0 Å². The molecule has 1 unspecified atom stereocenters. The summed E-state index contributed by atoms with van der Waals surface area (Å²) < 4.78 is 1.79. The average molecular weight is 225 g/mol. The van der Waals surface area contributed by atoms with Gasteiger partial charge in [0.2, 0.25) is 5.78 Å². The van der Waals surface area contributed by atoms with Crippen molar-refractivity contribution in [3.63, 3.8) is 0 Å². The van der Waals surface area contributed by atoms with Crippen molar-refractivity contribution in [1.82, 2.24) is 14.5 Å². The number of carbonyl (C=O) groups is 1. The summed E-state index contributed by atoms with van der Waals surface area (Å²) in [6, 6.07) is -0.00940. The minimum atomic E-state index is -0.00940. The van der Waals surface area contributed by atoms with Crippen LogP contribution < -0.4 is 0 Å². The largest absolute Gasteiger partial charge is 0.332 e. The number of Topliss-reactive ketones (excluding diaryl/α,β-unsaturated/α-hetero) is 1. The van der Waals surface area contributed by atoms with Gasteiger partial charge >= 0.3 is 0 Å². The molecule has 0 spiro atoms. The standard InChI is InChI=1S/C10H15N3OS/c1-12-5-6-15-7-8(12)9(14)10-11-3-4-13(10)2/h3-4,8H,5-7H2,1-2H3. The van der Waals surface area contributed by atoms with E-state index in [-0.39, 0.29) is 11.8 Å². The fourth-order valence-corrected chi connectivity index (χ4v) is 2.93. The predicted molar refractivity (Wildman–Crippen MR) is 61.3 cm³/mol. The summed E-state index contributed by atoms with van der Waals surface area (Å²) in [6.45, 7) is 0.978. The van der Waals surface area contributed by atoms with Crippen molar-refractivity contribution < 1.29 is 4.79 Å². The summed E-state index contributed by atoms with van der Waals surface area (Å²) in [5, 5.41) is 0. The maximum Gasteiger partial charge on any atom is 0.216 e. The molecule has 0 amide bonds. The van der Waals surface area contributed by atoms with Gasteiger partial charge in [0.05, 0.1) is 6.04 Å². The molecule has 82 valence electrons. The molecule has 1 aromatic rings. The summed E-state index contributed by atoms with van der Waals surface area (Å²) >= 11 is 1.84. The van der Waals surface area contributed by atoms with Crippen LogP contribution in [0.15, 0.2) is 12.4 Å². The first kappa shape index (κ1) is 10.7. The molecule has 0 N–H and O–H groups in total. The first-order chi connectivity index (χ1) is 7.20. The molecule has 0 saturated carbocycles. The third kappa shape index (κ3) is 2.08. The monoisotopic (exact) mass is 225 g/mol. The van der Waals surface area contributed by atoms with E-state index in [1.54, 1.807) is 10.8 Å². The van der Waals surface area contributed by atoms with Crippen LogP contribution >= 0.6 is 11.8 Å². The number of hydrogen-bond acceptors (Lipinski definition) is 4. The van der Waals surface area contributed by atoms with Crippen LogP contribution in [0.5, 0.6) is 0 Å². The normalized spacial score (nSPS) is 22.9. The van der Waals surface area contributed by atoms with Gasteiger partial charge in [-0.3, -0.25) is 9.69 Å². The van der Waals surface area contributed by atoms with Gasteiger partial charge in [-0.1, -0.05) is 0 Å². The van der Waals surface area contributed by atoms with Gasteiger partial charge in [0.1, 0.15) is 0 Å². The summed E-state index contributed by atoms with van der Waals surface area (Å²) in [5.74, 6) is 2.69. The molecule has 1 saturated heterocycles. The Hall–Kier alpha value is -0.810. The van der Waals surface area contributed by atoms with Gasteiger partial charge in [0.25, 0.3) is 0 Å². The number of rotatable bonds is 2. The van der Waals surface area contributed by atoms with E-state index >= 15 is 0 Å². The van der Waals surface area contributed by atoms with E-state index in [0.717, 1.165) is 18.1 Å². The molecule has 1 aliphatic rings. The van der Waals surface area contributed by atoms with Crippen LogP contribution in [-0.4, -0.2) is 51.4 Å². The van der Waals surface area contributed by atoms with Gasteiger partial charge in [0.15, 0.2) is 5.82 Å². The molecule has 2 heterocycles. The number of likely N-dealkylation sites (N-methyl/N-ethyl adjacent to an activating group) is 1. The summed E-state index contributed by atoms with van der Waals surface area (Å²) in [7, 11) is 3.86. The molecule has 1 aromatic heterocycles. The highest BCUT2D eigenvalue weighted by atomic mass is 32.2. The maximum absolute atomic E-state index is 12.2. The molecule has 1 fully saturated rings. The number of nitrogens with zero attached hydrogens (tertiary/aromatic N) is 3. The van der Waals surface area contributed by atoms with E-state index < -0.39 is 0 Å². The number of aryl methyl sites for hydroxylation is 1. The van der Waals surface area contributed by atoms with E-state index in [0.29, 0.717) is 5.82 Å². The molecule has 2 rings (SSSR count). The zero-order valence-corrected chi connectivity index (χ0v) is 9.83. The molecule has 15 heavy (non-hydrogen) atoms. The summed E-state index contributed by atoms with van der Waals surface area (Å²) in [5.41, 5.74) is 0. The Morgan fingerprint density at radius 3 is 3.00 bits per heavy atom. The van der Waals surface area contributed by atoms with Crippen molar-refractivity contribution in [2.45, 2.75) is 6.04 Å². The van der Waals surface area contributed by atoms with Gasteiger partial charge in [-0.15, -0.1) is 0 Å². The van der Waals surface area contributed by atoms with Crippen LogP contribution in [0.4, 0.5) is 0 Å². The predicted octanol–water partition coefficient (Wildman–Crippen LogP) is 0.650. The first-order valence-corrected chi connectivity index (χ1v) is 6.15. The number of imidazole rings is 1. The molecule has 1 aliphatic heterocycles. The highest BCUT2D eigenvalue weighted by molar-refractivity contribution is 7.99. The number of carbonyl (C=O) groups excluding carboxylic acids is 1. The zero-order chi connectivity index (χ0) is 10.8. The highest BCUT2D eigenvalue weighted by Gasteiger charge is 2.29. The van der Waals surface area contributed by atoms with Crippen molar-refractivity contribution in [2.75, 3.05) is 25.1 Å². The number of aromatic nitrogens is 2. The SMILES string of the molecule is CN1CCSCC1C(=O)c1nccn1C. The van der Waals surface area contributed by atoms with E-state index in [2.05, 4.69) is 9.88 Å².